The van der Waals surface area contributed by atoms with E-state index in [9.17, 15) is 0 Å². The van der Waals surface area contributed by atoms with Crippen LogP contribution in [0.5, 0.6) is 0 Å². The van der Waals surface area contributed by atoms with Gasteiger partial charge in [0.2, 0.25) is 0 Å². The molecule has 3 N–H and O–H groups in total. The average Bonchev–Trinajstić information content (AvgIpc) is 2.66. The predicted octanol–water partition coefficient (Wildman–Crippen LogP) is 1.52. The number of hydrogen-bond donors (Lipinski definition) is 2. The minimum Gasteiger partial charge on any atom is -0.372 e. The van der Waals surface area contributed by atoms with E-state index >= 15 is 0 Å². The van der Waals surface area contributed by atoms with E-state index in [2.05, 4.69) is 26.1 Å². The predicted molar refractivity (Wildman–Crippen MR) is 63.9 cm³/mol. The first-order chi connectivity index (χ1) is 7.07. The summed E-state index contributed by atoms with van der Waals surface area (Å²) in [4.78, 5) is 0. The maximum Gasteiger partial charge on any atom is 0.0704 e. The quantitative estimate of drug-likeness (QED) is 0.705. The summed E-state index contributed by atoms with van der Waals surface area (Å²) in [6.07, 6.45) is 4.17. The lowest BCUT2D eigenvalue weighted by Gasteiger charge is -2.24. The Hall–Kier alpha value is -0.120. The Kier molecular flexibility index (Phi) is 5.03. The Bertz CT molecular complexity index is 182. The van der Waals surface area contributed by atoms with E-state index in [4.69, 9.17) is 10.5 Å². The van der Waals surface area contributed by atoms with Crippen molar-refractivity contribution in [1.82, 2.24) is 5.32 Å². The fraction of sp³-hybridized carbons (Fsp3) is 1.00. The summed E-state index contributed by atoms with van der Waals surface area (Å²) in [5.74, 6) is 0. The van der Waals surface area contributed by atoms with Crippen LogP contribution in [0.2, 0.25) is 0 Å². The number of rotatable bonds is 6. The van der Waals surface area contributed by atoms with Crippen LogP contribution < -0.4 is 11.1 Å². The zero-order chi connectivity index (χ0) is 11.3. The molecule has 0 amide bonds. The highest BCUT2D eigenvalue weighted by Crippen LogP contribution is 2.20. The zero-order valence-corrected chi connectivity index (χ0v) is 10.4. The second-order valence-electron chi connectivity index (χ2n) is 5.34. The summed E-state index contributed by atoms with van der Waals surface area (Å²) in [6.45, 7) is 9.52. The molecule has 2 atom stereocenters. The fourth-order valence-electron chi connectivity index (χ4n) is 1.80. The van der Waals surface area contributed by atoms with Crippen LogP contribution in [0.25, 0.3) is 0 Å². The molecule has 0 aromatic rings. The number of ether oxygens (including phenoxy) is 1. The molecule has 90 valence electrons. The topological polar surface area (TPSA) is 47.3 Å². The second kappa shape index (κ2) is 5.83. The Morgan fingerprint density at radius 1 is 1.33 bits per heavy atom. The zero-order valence-electron chi connectivity index (χ0n) is 10.4. The van der Waals surface area contributed by atoms with Gasteiger partial charge in [-0.2, -0.15) is 0 Å². The van der Waals surface area contributed by atoms with E-state index in [-0.39, 0.29) is 0 Å². The first-order valence-corrected chi connectivity index (χ1v) is 6.13. The van der Waals surface area contributed by atoms with Gasteiger partial charge in [0, 0.05) is 19.6 Å². The number of nitrogens with two attached hydrogens (primary N) is 1. The van der Waals surface area contributed by atoms with E-state index in [0.717, 1.165) is 25.9 Å². The lowest BCUT2D eigenvalue weighted by atomic mass is 9.90. The molecule has 3 nitrogen and oxygen atoms in total. The van der Waals surface area contributed by atoms with Crippen molar-refractivity contribution in [2.24, 2.45) is 11.1 Å². The van der Waals surface area contributed by atoms with Gasteiger partial charge in [-0.05, 0) is 24.7 Å². The van der Waals surface area contributed by atoms with Gasteiger partial charge in [-0.15, -0.1) is 0 Å². The molecule has 1 heterocycles. The van der Waals surface area contributed by atoms with Crippen LogP contribution in [0, 0.1) is 5.41 Å². The molecule has 0 spiro atoms. The minimum atomic E-state index is 0.302. The molecule has 0 aliphatic carbocycles. The summed E-state index contributed by atoms with van der Waals surface area (Å²) < 4.78 is 5.77. The summed E-state index contributed by atoms with van der Waals surface area (Å²) >= 11 is 0. The van der Waals surface area contributed by atoms with Crippen molar-refractivity contribution in [1.29, 1.82) is 0 Å². The first kappa shape index (κ1) is 12.9. The van der Waals surface area contributed by atoms with Gasteiger partial charge in [0.05, 0.1) is 12.2 Å². The Morgan fingerprint density at radius 3 is 2.53 bits per heavy atom. The Labute approximate surface area is 93.8 Å². The van der Waals surface area contributed by atoms with Crippen molar-refractivity contribution in [3.63, 3.8) is 0 Å². The van der Waals surface area contributed by atoms with E-state index in [1.165, 1.54) is 6.42 Å². The Morgan fingerprint density at radius 2 is 2.00 bits per heavy atom. The summed E-state index contributed by atoms with van der Waals surface area (Å²) in [7, 11) is 0. The lowest BCUT2D eigenvalue weighted by molar-refractivity contribution is 0.0491. The normalized spacial score (nSPS) is 27.2. The van der Waals surface area contributed by atoms with Crippen LogP contribution >= 0.6 is 0 Å². The molecule has 0 aromatic carbocycles. The van der Waals surface area contributed by atoms with E-state index in [1.54, 1.807) is 0 Å². The SMILES string of the molecule is CCC(C)(C)CNCC1CCC(CN)O1. The maximum atomic E-state index is 5.77. The molecule has 15 heavy (non-hydrogen) atoms. The van der Waals surface area contributed by atoms with Gasteiger partial charge in [0.25, 0.3) is 0 Å². The highest BCUT2D eigenvalue weighted by molar-refractivity contribution is 4.77. The van der Waals surface area contributed by atoms with Crippen LogP contribution in [0.4, 0.5) is 0 Å². The molecule has 2 unspecified atom stereocenters. The summed E-state index contributed by atoms with van der Waals surface area (Å²) in [5, 5.41) is 3.50. The smallest absolute Gasteiger partial charge is 0.0704 e. The molecular formula is C12H26N2O. The number of hydrogen-bond acceptors (Lipinski definition) is 3. The van der Waals surface area contributed by atoms with Crippen molar-refractivity contribution in [2.45, 2.75) is 52.2 Å². The van der Waals surface area contributed by atoms with Crippen molar-refractivity contribution in [2.75, 3.05) is 19.6 Å². The Balaban J connectivity index is 2.11. The van der Waals surface area contributed by atoms with E-state index in [0.29, 0.717) is 24.2 Å². The molecule has 1 aliphatic rings. The average molecular weight is 214 g/mol. The van der Waals surface area contributed by atoms with Crippen LogP contribution in [-0.4, -0.2) is 31.8 Å². The number of nitrogens with one attached hydrogen (secondary N) is 1. The summed E-state index contributed by atoms with van der Waals surface area (Å²) in [6, 6.07) is 0. The molecule has 0 aromatic heterocycles. The van der Waals surface area contributed by atoms with Crippen LogP contribution in [0.1, 0.15) is 40.0 Å². The monoisotopic (exact) mass is 214 g/mol. The molecular weight excluding hydrogens is 188 g/mol. The van der Waals surface area contributed by atoms with Crippen molar-refractivity contribution >= 4 is 0 Å². The molecule has 0 bridgehead atoms. The van der Waals surface area contributed by atoms with Gasteiger partial charge in [-0.25, -0.2) is 0 Å². The van der Waals surface area contributed by atoms with Crippen molar-refractivity contribution in [3.8, 4) is 0 Å². The molecule has 0 saturated carbocycles. The van der Waals surface area contributed by atoms with Crippen LogP contribution in [-0.2, 0) is 4.74 Å². The molecule has 0 radical (unpaired) electrons. The standard InChI is InChI=1S/C12H26N2O/c1-4-12(2,3)9-14-8-11-6-5-10(7-13)15-11/h10-11,14H,4-9,13H2,1-3H3. The van der Waals surface area contributed by atoms with Gasteiger partial charge in [0.1, 0.15) is 0 Å². The van der Waals surface area contributed by atoms with Gasteiger partial charge < -0.3 is 15.8 Å². The molecule has 1 rings (SSSR count). The second-order valence-corrected chi connectivity index (χ2v) is 5.34. The molecule has 3 heteroatoms. The minimum absolute atomic E-state index is 0.302. The molecule has 1 saturated heterocycles. The summed E-state index contributed by atoms with van der Waals surface area (Å²) in [5.41, 5.74) is 5.96. The lowest BCUT2D eigenvalue weighted by Crippen LogP contribution is -2.35. The van der Waals surface area contributed by atoms with Crippen molar-refractivity contribution < 1.29 is 4.74 Å². The van der Waals surface area contributed by atoms with Crippen LogP contribution in [0.3, 0.4) is 0 Å². The third-order valence-corrected chi connectivity index (χ3v) is 3.39. The van der Waals surface area contributed by atoms with Gasteiger partial charge in [-0.3, -0.25) is 0 Å². The fourth-order valence-corrected chi connectivity index (χ4v) is 1.80. The first-order valence-electron chi connectivity index (χ1n) is 6.13. The van der Waals surface area contributed by atoms with E-state index in [1.807, 2.05) is 0 Å². The van der Waals surface area contributed by atoms with Crippen LogP contribution in [0.15, 0.2) is 0 Å². The van der Waals surface area contributed by atoms with Gasteiger partial charge in [0.15, 0.2) is 0 Å². The van der Waals surface area contributed by atoms with Gasteiger partial charge in [-0.1, -0.05) is 20.8 Å². The molecule has 1 aliphatic heterocycles. The largest absolute Gasteiger partial charge is 0.372 e. The van der Waals surface area contributed by atoms with E-state index < -0.39 is 0 Å². The maximum absolute atomic E-state index is 5.77. The third-order valence-electron chi connectivity index (χ3n) is 3.39. The molecule has 1 fully saturated rings. The van der Waals surface area contributed by atoms with Crippen molar-refractivity contribution in [3.05, 3.63) is 0 Å². The third kappa shape index (κ3) is 4.49. The highest BCUT2D eigenvalue weighted by atomic mass is 16.5. The highest BCUT2D eigenvalue weighted by Gasteiger charge is 2.24. The van der Waals surface area contributed by atoms with Gasteiger partial charge >= 0.3 is 0 Å².